The Morgan fingerprint density at radius 2 is 1.70 bits per heavy atom. The first-order chi connectivity index (χ1) is 14.5. The lowest BCUT2D eigenvalue weighted by atomic mass is 10.2. The zero-order chi connectivity index (χ0) is 21.2. The molecule has 30 heavy (non-hydrogen) atoms. The molecule has 2 aromatic carbocycles. The molecule has 1 heterocycles. The number of para-hydroxylation sites is 1. The van der Waals surface area contributed by atoms with Crippen molar-refractivity contribution in [2.75, 3.05) is 19.7 Å². The molecule has 6 nitrogen and oxygen atoms in total. The van der Waals surface area contributed by atoms with Gasteiger partial charge >= 0.3 is 0 Å². The maximum absolute atomic E-state index is 12.4. The van der Waals surface area contributed by atoms with Crippen LogP contribution in [-0.2, 0) is 16.4 Å². The van der Waals surface area contributed by atoms with Gasteiger partial charge in [0, 0.05) is 23.5 Å². The number of hydrogen-bond donors (Lipinski definition) is 2. The van der Waals surface area contributed by atoms with Crippen molar-refractivity contribution < 1.29 is 17.9 Å². The van der Waals surface area contributed by atoms with Crippen molar-refractivity contribution in [3.63, 3.8) is 0 Å². The molecule has 3 rings (SSSR count). The number of carbonyl (C=O) groups excluding carboxylic acids is 1. The standard InChI is InChI=1S/C22H24N2O4S2/c25-22(23-14-5-16-28-19-6-2-1-3-7-19)18-9-11-21(12-10-18)30(26,27)24-15-13-20-8-4-17-29-20/h1-4,6-12,17,24H,5,13-16H2,(H,23,25). The van der Waals surface area contributed by atoms with E-state index in [0.29, 0.717) is 38.1 Å². The molecule has 1 aromatic heterocycles. The van der Waals surface area contributed by atoms with E-state index in [1.165, 1.54) is 24.3 Å². The molecule has 0 aliphatic heterocycles. The number of ether oxygens (including phenoxy) is 1. The summed E-state index contributed by atoms with van der Waals surface area (Å²) >= 11 is 1.60. The van der Waals surface area contributed by atoms with Crippen LogP contribution in [0.4, 0.5) is 0 Å². The molecule has 0 atom stereocenters. The molecule has 0 spiro atoms. The fourth-order valence-electron chi connectivity index (χ4n) is 2.72. The number of sulfonamides is 1. The van der Waals surface area contributed by atoms with Gasteiger partial charge in [0.1, 0.15) is 5.75 Å². The van der Waals surface area contributed by atoms with Crippen LogP contribution in [0.5, 0.6) is 5.75 Å². The average molecular weight is 445 g/mol. The second-order valence-electron chi connectivity index (χ2n) is 6.52. The highest BCUT2D eigenvalue weighted by molar-refractivity contribution is 7.89. The zero-order valence-corrected chi connectivity index (χ0v) is 18.0. The van der Waals surface area contributed by atoms with E-state index in [2.05, 4.69) is 10.0 Å². The van der Waals surface area contributed by atoms with Gasteiger partial charge in [-0.1, -0.05) is 24.3 Å². The summed E-state index contributed by atoms with van der Waals surface area (Å²) in [5.74, 6) is 0.550. The molecular weight excluding hydrogens is 420 g/mol. The van der Waals surface area contributed by atoms with Crippen LogP contribution in [0.1, 0.15) is 21.7 Å². The fourth-order valence-corrected chi connectivity index (χ4v) is 4.46. The highest BCUT2D eigenvalue weighted by Crippen LogP contribution is 2.12. The van der Waals surface area contributed by atoms with E-state index in [1.807, 2.05) is 47.8 Å². The molecule has 8 heteroatoms. The minimum Gasteiger partial charge on any atom is -0.494 e. The van der Waals surface area contributed by atoms with Crippen molar-refractivity contribution in [2.45, 2.75) is 17.7 Å². The van der Waals surface area contributed by atoms with Crippen LogP contribution in [0, 0.1) is 0 Å². The van der Waals surface area contributed by atoms with E-state index in [9.17, 15) is 13.2 Å². The molecule has 0 unspecified atom stereocenters. The number of thiophene rings is 1. The monoisotopic (exact) mass is 444 g/mol. The molecule has 158 valence electrons. The van der Waals surface area contributed by atoms with Gasteiger partial charge in [0.15, 0.2) is 0 Å². The number of hydrogen-bond acceptors (Lipinski definition) is 5. The van der Waals surface area contributed by atoms with Gasteiger partial charge in [0.05, 0.1) is 11.5 Å². The minimum atomic E-state index is -3.60. The summed E-state index contributed by atoms with van der Waals surface area (Å²) in [6.07, 6.45) is 1.31. The molecule has 0 aliphatic rings. The second kappa shape index (κ2) is 10.9. The van der Waals surface area contributed by atoms with Crippen molar-refractivity contribution >= 4 is 27.3 Å². The maximum Gasteiger partial charge on any atom is 0.251 e. The Balaban J connectivity index is 1.41. The third-order valence-electron chi connectivity index (χ3n) is 4.29. The Kier molecular flexibility index (Phi) is 8.01. The Labute approximate surface area is 181 Å². The number of carbonyl (C=O) groups is 1. The van der Waals surface area contributed by atoms with Crippen molar-refractivity contribution in [3.05, 3.63) is 82.6 Å². The van der Waals surface area contributed by atoms with E-state index in [-0.39, 0.29) is 10.8 Å². The first-order valence-corrected chi connectivity index (χ1v) is 12.0. The molecule has 0 fully saturated rings. The summed E-state index contributed by atoms with van der Waals surface area (Å²) in [6, 6.07) is 19.3. The molecule has 0 saturated heterocycles. The zero-order valence-electron chi connectivity index (χ0n) is 16.4. The lowest BCUT2D eigenvalue weighted by molar-refractivity contribution is 0.0951. The minimum absolute atomic E-state index is 0.140. The molecule has 0 radical (unpaired) electrons. The van der Waals surface area contributed by atoms with Gasteiger partial charge < -0.3 is 10.1 Å². The molecule has 2 N–H and O–H groups in total. The van der Waals surface area contributed by atoms with E-state index < -0.39 is 10.0 Å². The molecule has 0 bridgehead atoms. The van der Waals surface area contributed by atoms with E-state index in [4.69, 9.17) is 4.74 Å². The van der Waals surface area contributed by atoms with E-state index in [0.717, 1.165) is 10.6 Å². The Morgan fingerprint density at radius 1 is 0.933 bits per heavy atom. The Bertz CT molecular complexity index is 1020. The average Bonchev–Trinajstić information content (AvgIpc) is 3.27. The van der Waals surface area contributed by atoms with Gasteiger partial charge in [0.2, 0.25) is 10.0 Å². The van der Waals surface area contributed by atoms with Crippen LogP contribution in [-0.4, -0.2) is 34.0 Å². The maximum atomic E-state index is 12.4. The smallest absolute Gasteiger partial charge is 0.251 e. The van der Waals surface area contributed by atoms with Gasteiger partial charge in [0.25, 0.3) is 5.91 Å². The third kappa shape index (κ3) is 6.69. The van der Waals surface area contributed by atoms with Crippen LogP contribution in [0.15, 0.2) is 77.0 Å². The summed E-state index contributed by atoms with van der Waals surface area (Å²) in [4.78, 5) is 13.5. The largest absolute Gasteiger partial charge is 0.494 e. The number of benzene rings is 2. The predicted molar refractivity (Wildman–Crippen MR) is 119 cm³/mol. The highest BCUT2D eigenvalue weighted by Gasteiger charge is 2.14. The van der Waals surface area contributed by atoms with Gasteiger partial charge in [-0.2, -0.15) is 0 Å². The molecular formula is C22H24N2O4S2. The lowest BCUT2D eigenvalue weighted by Gasteiger charge is -2.09. The second-order valence-corrected chi connectivity index (χ2v) is 9.32. The van der Waals surface area contributed by atoms with Gasteiger partial charge in [-0.3, -0.25) is 4.79 Å². The van der Waals surface area contributed by atoms with Gasteiger partial charge in [-0.25, -0.2) is 13.1 Å². The lowest BCUT2D eigenvalue weighted by Crippen LogP contribution is -2.27. The van der Waals surface area contributed by atoms with Crippen molar-refractivity contribution in [1.29, 1.82) is 0 Å². The Morgan fingerprint density at radius 3 is 2.40 bits per heavy atom. The summed E-state index contributed by atoms with van der Waals surface area (Å²) in [5, 5.41) is 4.77. The summed E-state index contributed by atoms with van der Waals surface area (Å²) in [5.41, 5.74) is 0.413. The van der Waals surface area contributed by atoms with Crippen LogP contribution in [0.25, 0.3) is 0 Å². The van der Waals surface area contributed by atoms with Crippen molar-refractivity contribution in [1.82, 2.24) is 10.0 Å². The fraction of sp³-hybridized carbons (Fsp3) is 0.227. The van der Waals surface area contributed by atoms with E-state index >= 15 is 0 Å². The third-order valence-corrected chi connectivity index (χ3v) is 6.70. The SMILES string of the molecule is O=C(NCCCOc1ccccc1)c1ccc(S(=O)(=O)NCCc2cccs2)cc1. The van der Waals surface area contributed by atoms with Gasteiger partial charge in [-0.15, -0.1) is 11.3 Å². The van der Waals surface area contributed by atoms with Crippen molar-refractivity contribution in [3.8, 4) is 5.75 Å². The quantitative estimate of drug-likeness (QED) is 0.444. The van der Waals surface area contributed by atoms with Crippen LogP contribution < -0.4 is 14.8 Å². The number of nitrogens with one attached hydrogen (secondary N) is 2. The highest BCUT2D eigenvalue weighted by atomic mass is 32.2. The number of rotatable bonds is 11. The van der Waals surface area contributed by atoms with Crippen molar-refractivity contribution in [2.24, 2.45) is 0 Å². The summed E-state index contributed by atoms with van der Waals surface area (Å²) < 4.78 is 32.9. The predicted octanol–water partition coefficient (Wildman–Crippen LogP) is 3.47. The van der Waals surface area contributed by atoms with Crippen LogP contribution in [0.2, 0.25) is 0 Å². The molecule has 3 aromatic rings. The normalized spacial score (nSPS) is 11.2. The van der Waals surface area contributed by atoms with Gasteiger partial charge in [-0.05, 0) is 60.7 Å². The summed E-state index contributed by atoms with van der Waals surface area (Å²) in [7, 11) is -3.60. The van der Waals surface area contributed by atoms with Crippen LogP contribution >= 0.6 is 11.3 Å². The number of amides is 1. The molecule has 0 saturated carbocycles. The topological polar surface area (TPSA) is 84.5 Å². The first kappa shape index (κ1) is 22.0. The van der Waals surface area contributed by atoms with Crippen LogP contribution in [0.3, 0.4) is 0 Å². The molecule has 0 aliphatic carbocycles. The Hall–Kier alpha value is -2.68. The first-order valence-electron chi connectivity index (χ1n) is 9.63. The summed E-state index contributed by atoms with van der Waals surface area (Å²) in [6.45, 7) is 1.30. The van der Waals surface area contributed by atoms with E-state index in [1.54, 1.807) is 11.3 Å². The molecule has 1 amide bonds.